The normalized spacial score (nSPS) is 17.1. The molecule has 1 aliphatic heterocycles. The lowest BCUT2D eigenvalue weighted by molar-refractivity contribution is -0.120. The number of amides is 3. The van der Waals surface area contributed by atoms with E-state index in [0.29, 0.717) is 13.0 Å². The lowest BCUT2D eigenvalue weighted by Gasteiger charge is -2.25. The van der Waals surface area contributed by atoms with Crippen LogP contribution < -0.4 is 10.6 Å². The van der Waals surface area contributed by atoms with Crippen molar-refractivity contribution in [3.05, 3.63) is 29.3 Å². The number of hydrogen-bond donors (Lipinski definition) is 2. The van der Waals surface area contributed by atoms with Gasteiger partial charge in [0, 0.05) is 25.7 Å². The fraction of sp³-hybridized carbons (Fsp3) is 0.357. The van der Waals surface area contributed by atoms with Crippen LogP contribution >= 0.6 is 0 Å². The summed E-state index contributed by atoms with van der Waals surface area (Å²) in [6, 6.07) is 5.28. The van der Waals surface area contributed by atoms with Crippen LogP contribution in [0.5, 0.6) is 0 Å². The first-order valence-electron chi connectivity index (χ1n) is 6.44. The smallest absolute Gasteiger partial charge is 0.345 e. The number of aliphatic imine (C=N–C) groups is 1. The summed E-state index contributed by atoms with van der Waals surface area (Å²) < 4.78 is 0. The molecule has 1 saturated heterocycles. The molecule has 2 rings (SSSR count). The number of nitrogens with one attached hydrogen (secondary N) is 2. The molecule has 0 aliphatic carbocycles. The van der Waals surface area contributed by atoms with E-state index in [9.17, 15) is 9.59 Å². The predicted molar refractivity (Wildman–Crippen MR) is 77.8 cm³/mol. The second-order valence-corrected chi connectivity index (χ2v) is 4.85. The van der Waals surface area contributed by atoms with Gasteiger partial charge in [0.15, 0.2) is 0 Å². The van der Waals surface area contributed by atoms with Crippen molar-refractivity contribution in [2.75, 3.05) is 18.9 Å². The largest absolute Gasteiger partial charge is 0.348 e. The molecule has 0 radical (unpaired) electrons. The van der Waals surface area contributed by atoms with Gasteiger partial charge in [0.2, 0.25) is 11.9 Å². The third kappa shape index (κ3) is 3.14. The maximum absolute atomic E-state index is 12.0. The minimum Gasteiger partial charge on any atom is -0.345 e. The highest BCUT2D eigenvalue weighted by atomic mass is 16.2. The van der Waals surface area contributed by atoms with Gasteiger partial charge in [-0.25, -0.2) is 4.79 Å². The molecule has 0 saturated carbocycles. The van der Waals surface area contributed by atoms with E-state index in [4.69, 9.17) is 0 Å². The number of guanidine groups is 1. The van der Waals surface area contributed by atoms with E-state index in [2.05, 4.69) is 15.6 Å². The Hall–Kier alpha value is -2.37. The van der Waals surface area contributed by atoms with E-state index in [0.717, 1.165) is 16.8 Å². The fourth-order valence-corrected chi connectivity index (χ4v) is 2.01. The lowest BCUT2D eigenvalue weighted by Crippen LogP contribution is -2.49. The molecule has 0 unspecified atom stereocenters. The second-order valence-electron chi connectivity index (χ2n) is 4.85. The predicted octanol–water partition coefficient (Wildman–Crippen LogP) is 1.64. The number of benzene rings is 1. The summed E-state index contributed by atoms with van der Waals surface area (Å²) in [6.45, 7) is 4.40. The number of rotatable bonds is 1. The molecule has 0 spiro atoms. The number of anilines is 1. The van der Waals surface area contributed by atoms with E-state index in [1.807, 2.05) is 32.0 Å². The number of nitrogens with zero attached hydrogens (tertiary/aromatic N) is 2. The molecule has 20 heavy (non-hydrogen) atoms. The standard InChI is InChI=1S/C14H18N4O2/c1-9-5-4-6-10(2)12(9)16-14(20)17-13-15-11(19)7-8-18(13)3/h4-6H,7-8H2,1-3H3,(H2,15,16,17,19,20). The summed E-state index contributed by atoms with van der Waals surface area (Å²) in [5, 5.41) is 5.34. The van der Waals surface area contributed by atoms with Crippen LogP contribution in [-0.4, -0.2) is 36.4 Å². The monoisotopic (exact) mass is 274 g/mol. The van der Waals surface area contributed by atoms with Crippen molar-refractivity contribution in [2.24, 2.45) is 4.99 Å². The van der Waals surface area contributed by atoms with Crippen LogP contribution in [0.1, 0.15) is 17.5 Å². The summed E-state index contributed by atoms with van der Waals surface area (Å²) in [5.41, 5.74) is 2.70. The Kier molecular flexibility index (Phi) is 4.02. The second kappa shape index (κ2) is 5.73. The van der Waals surface area contributed by atoms with E-state index in [1.165, 1.54) is 0 Å². The highest BCUT2D eigenvalue weighted by Crippen LogP contribution is 2.19. The molecule has 0 aromatic heterocycles. The van der Waals surface area contributed by atoms with Crippen LogP contribution in [0, 0.1) is 13.8 Å². The van der Waals surface area contributed by atoms with Crippen LogP contribution in [-0.2, 0) is 4.79 Å². The molecule has 1 fully saturated rings. The molecule has 1 aromatic carbocycles. The Bertz CT molecular complexity index is 560. The summed E-state index contributed by atoms with van der Waals surface area (Å²) in [7, 11) is 1.78. The highest BCUT2D eigenvalue weighted by Gasteiger charge is 2.19. The fourth-order valence-electron chi connectivity index (χ4n) is 2.01. The van der Waals surface area contributed by atoms with Crippen molar-refractivity contribution >= 4 is 23.6 Å². The Balaban J connectivity index is 2.14. The van der Waals surface area contributed by atoms with E-state index < -0.39 is 6.03 Å². The molecule has 2 N–H and O–H groups in total. The number of para-hydroxylation sites is 1. The summed E-state index contributed by atoms with van der Waals surface area (Å²) in [5.74, 6) is 0.159. The van der Waals surface area contributed by atoms with E-state index in [-0.39, 0.29) is 11.9 Å². The molecular weight excluding hydrogens is 256 g/mol. The van der Waals surface area contributed by atoms with E-state index >= 15 is 0 Å². The van der Waals surface area contributed by atoms with Crippen LogP contribution in [0.4, 0.5) is 10.5 Å². The highest BCUT2D eigenvalue weighted by molar-refractivity contribution is 6.06. The van der Waals surface area contributed by atoms with Gasteiger partial charge in [0.25, 0.3) is 0 Å². The van der Waals surface area contributed by atoms with Gasteiger partial charge < -0.3 is 10.2 Å². The molecule has 3 amide bonds. The van der Waals surface area contributed by atoms with Crippen molar-refractivity contribution in [3.8, 4) is 0 Å². The molecule has 1 heterocycles. The zero-order valence-electron chi connectivity index (χ0n) is 11.9. The maximum atomic E-state index is 12.0. The minimum absolute atomic E-state index is 0.123. The molecule has 1 aliphatic rings. The SMILES string of the molecule is Cc1cccc(C)c1NC(=O)N=C1NC(=O)CCN1C. The van der Waals surface area contributed by atoms with Crippen molar-refractivity contribution in [2.45, 2.75) is 20.3 Å². The number of hydrogen-bond acceptors (Lipinski definition) is 2. The summed E-state index contributed by atoms with van der Waals surface area (Å²) in [6.07, 6.45) is 0.411. The zero-order valence-corrected chi connectivity index (χ0v) is 11.9. The molecular formula is C14H18N4O2. The molecule has 6 heteroatoms. The van der Waals surface area contributed by atoms with Gasteiger partial charge in [0.1, 0.15) is 0 Å². The third-order valence-corrected chi connectivity index (χ3v) is 3.21. The molecule has 1 aromatic rings. The first-order chi connectivity index (χ1) is 9.47. The van der Waals surface area contributed by atoms with Crippen LogP contribution in [0.25, 0.3) is 0 Å². The summed E-state index contributed by atoms with van der Waals surface area (Å²) in [4.78, 5) is 28.9. The maximum Gasteiger partial charge on any atom is 0.348 e. The quantitative estimate of drug-likeness (QED) is 0.817. The minimum atomic E-state index is -0.494. The van der Waals surface area contributed by atoms with Crippen LogP contribution in [0.2, 0.25) is 0 Å². The molecule has 6 nitrogen and oxygen atoms in total. The number of aryl methyl sites for hydroxylation is 2. The third-order valence-electron chi connectivity index (χ3n) is 3.21. The molecule has 0 atom stereocenters. The Morgan fingerprint density at radius 1 is 1.35 bits per heavy atom. The van der Waals surface area contributed by atoms with Gasteiger partial charge >= 0.3 is 6.03 Å². The first kappa shape index (κ1) is 14.0. The lowest BCUT2D eigenvalue weighted by atomic mass is 10.1. The number of urea groups is 1. The zero-order chi connectivity index (χ0) is 14.7. The van der Waals surface area contributed by atoms with Crippen molar-refractivity contribution in [3.63, 3.8) is 0 Å². The number of carbonyl (C=O) groups is 2. The average molecular weight is 274 g/mol. The van der Waals surface area contributed by atoms with Crippen molar-refractivity contribution in [1.82, 2.24) is 10.2 Å². The van der Waals surface area contributed by atoms with Crippen LogP contribution in [0.15, 0.2) is 23.2 Å². The van der Waals surface area contributed by atoms with Gasteiger partial charge in [-0.3, -0.25) is 10.1 Å². The van der Waals surface area contributed by atoms with Crippen LogP contribution in [0.3, 0.4) is 0 Å². The van der Waals surface area contributed by atoms with Gasteiger partial charge in [-0.15, -0.1) is 0 Å². The van der Waals surface area contributed by atoms with E-state index in [1.54, 1.807) is 11.9 Å². The van der Waals surface area contributed by atoms with Gasteiger partial charge in [0.05, 0.1) is 0 Å². The van der Waals surface area contributed by atoms with Crippen molar-refractivity contribution in [1.29, 1.82) is 0 Å². The Morgan fingerprint density at radius 2 is 2.00 bits per heavy atom. The first-order valence-corrected chi connectivity index (χ1v) is 6.44. The molecule has 0 bridgehead atoms. The molecule has 106 valence electrons. The van der Waals surface area contributed by atoms with Gasteiger partial charge in [-0.2, -0.15) is 4.99 Å². The Morgan fingerprint density at radius 3 is 2.65 bits per heavy atom. The number of carbonyl (C=O) groups excluding carboxylic acids is 2. The van der Waals surface area contributed by atoms with Crippen molar-refractivity contribution < 1.29 is 9.59 Å². The van der Waals surface area contributed by atoms with Gasteiger partial charge in [-0.1, -0.05) is 18.2 Å². The summed E-state index contributed by atoms with van der Waals surface area (Å²) >= 11 is 0. The Labute approximate surface area is 117 Å². The average Bonchev–Trinajstić information content (AvgIpc) is 2.38. The topological polar surface area (TPSA) is 73.8 Å². The van der Waals surface area contributed by atoms with Gasteiger partial charge in [-0.05, 0) is 25.0 Å².